The molecule has 3 heteroatoms. The highest BCUT2D eigenvalue weighted by atomic mass is 16.2. The first-order valence-electron chi connectivity index (χ1n) is 7.74. The summed E-state index contributed by atoms with van der Waals surface area (Å²) in [6, 6.07) is 18.3. The number of amides is 1. The fraction of sp³-hybridized carbons (Fsp3) is 0.316. The average molecular weight is 296 g/mol. The monoisotopic (exact) mass is 296 g/mol. The highest BCUT2D eigenvalue weighted by Gasteiger charge is 2.14. The molecular formula is C19H24N2O. The van der Waals surface area contributed by atoms with E-state index in [1.807, 2.05) is 38.4 Å². The fourth-order valence-corrected chi connectivity index (χ4v) is 2.46. The zero-order chi connectivity index (χ0) is 15.8. The molecule has 0 bridgehead atoms. The molecule has 0 saturated heterocycles. The Balaban J connectivity index is 2.07. The number of hydrogen-bond acceptors (Lipinski definition) is 2. The second kappa shape index (κ2) is 8.35. The van der Waals surface area contributed by atoms with Crippen LogP contribution in [0.4, 0.5) is 0 Å². The number of rotatable bonds is 7. The first-order chi connectivity index (χ1) is 10.7. The summed E-state index contributed by atoms with van der Waals surface area (Å²) in [7, 11) is 3.75. The Morgan fingerprint density at radius 2 is 1.68 bits per heavy atom. The number of nitrogens with one attached hydrogen (secondary N) is 1. The quantitative estimate of drug-likeness (QED) is 0.852. The van der Waals surface area contributed by atoms with Crippen molar-refractivity contribution in [1.82, 2.24) is 10.2 Å². The van der Waals surface area contributed by atoms with Crippen molar-refractivity contribution in [2.24, 2.45) is 0 Å². The third-order valence-electron chi connectivity index (χ3n) is 3.82. The van der Waals surface area contributed by atoms with E-state index in [1.54, 1.807) is 4.90 Å². The number of carbonyl (C=O) groups excluding carboxylic acids is 1. The van der Waals surface area contributed by atoms with Gasteiger partial charge in [0.1, 0.15) is 0 Å². The smallest absolute Gasteiger partial charge is 0.253 e. The molecule has 0 aliphatic carbocycles. The molecule has 1 N–H and O–H groups in total. The van der Waals surface area contributed by atoms with E-state index >= 15 is 0 Å². The molecule has 0 atom stereocenters. The van der Waals surface area contributed by atoms with Crippen LogP contribution in [0.2, 0.25) is 0 Å². The van der Waals surface area contributed by atoms with Crippen LogP contribution in [-0.2, 0) is 12.8 Å². The van der Waals surface area contributed by atoms with Crippen molar-refractivity contribution in [3.8, 4) is 0 Å². The van der Waals surface area contributed by atoms with Crippen molar-refractivity contribution in [3.63, 3.8) is 0 Å². The molecule has 0 aromatic heterocycles. The molecule has 0 radical (unpaired) electrons. The van der Waals surface area contributed by atoms with Crippen molar-refractivity contribution in [2.75, 3.05) is 27.2 Å². The van der Waals surface area contributed by atoms with E-state index < -0.39 is 0 Å². The Kier molecular flexibility index (Phi) is 6.16. The van der Waals surface area contributed by atoms with Gasteiger partial charge in [0, 0.05) is 25.7 Å². The molecule has 0 aliphatic rings. The summed E-state index contributed by atoms with van der Waals surface area (Å²) in [5.74, 6) is 0.0962. The van der Waals surface area contributed by atoms with Gasteiger partial charge in [0.05, 0.1) is 0 Å². The zero-order valence-corrected chi connectivity index (χ0v) is 13.4. The van der Waals surface area contributed by atoms with Crippen LogP contribution < -0.4 is 5.32 Å². The number of aryl methyl sites for hydroxylation is 2. The Morgan fingerprint density at radius 1 is 1.00 bits per heavy atom. The van der Waals surface area contributed by atoms with Gasteiger partial charge in [-0.25, -0.2) is 0 Å². The van der Waals surface area contributed by atoms with Crippen LogP contribution in [0.3, 0.4) is 0 Å². The summed E-state index contributed by atoms with van der Waals surface area (Å²) in [4.78, 5) is 14.4. The Morgan fingerprint density at radius 3 is 2.41 bits per heavy atom. The van der Waals surface area contributed by atoms with Crippen molar-refractivity contribution in [3.05, 3.63) is 71.3 Å². The minimum absolute atomic E-state index is 0.0962. The molecule has 2 aromatic rings. The van der Waals surface area contributed by atoms with Crippen LogP contribution in [0.25, 0.3) is 0 Å². The first-order valence-corrected chi connectivity index (χ1v) is 7.74. The number of hydrogen-bond donors (Lipinski definition) is 1. The van der Waals surface area contributed by atoms with Gasteiger partial charge in [0.15, 0.2) is 0 Å². The summed E-state index contributed by atoms with van der Waals surface area (Å²) < 4.78 is 0. The maximum atomic E-state index is 12.6. The molecule has 0 unspecified atom stereocenters. The molecule has 116 valence electrons. The summed E-state index contributed by atoms with van der Waals surface area (Å²) in [6.07, 6.45) is 1.83. The highest BCUT2D eigenvalue weighted by Crippen LogP contribution is 2.14. The average Bonchev–Trinajstić information content (AvgIpc) is 2.58. The third kappa shape index (κ3) is 4.43. The molecule has 0 heterocycles. The van der Waals surface area contributed by atoms with Crippen molar-refractivity contribution < 1.29 is 4.79 Å². The number of benzene rings is 2. The predicted molar refractivity (Wildman–Crippen MR) is 91.2 cm³/mol. The number of nitrogens with zero attached hydrogens (tertiary/aromatic N) is 1. The molecule has 0 saturated carbocycles. The molecular weight excluding hydrogens is 272 g/mol. The van der Waals surface area contributed by atoms with E-state index in [-0.39, 0.29) is 5.91 Å². The second-order valence-corrected chi connectivity index (χ2v) is 5.47. The second-order valence-electron chi connectivity index (χ2n) is 5.47. The van der Waals surface area contributed by atoms with Crippen molar-refractivity contribution in [1.29, 1.82) is 0 Å². The lowest BCUT2D eigenvalue weighted by Gasteiger charge is -2.19. The third-order valence-corrected chi connectivity index (χ3v) is 3.82. The fourth-order valence-electron chi connectivity index (χ4n) is 2.46. The zero-order valence-electron chi connectivity index (χ0n) is 13.4. The molecule has 0 spiro atoms. The van der Waals surface area contributed by atoms with E-state index in [4.69, 9.17) is 0 Å². The van der Waals surface area contributed by atoms with E-state index in [0.29, 0.717) is 6.54 Å². The predicted octanol–water partition coefficient (Wildman–Crippen LogP) is 2.76. The SMILES string of the molecule is CNCCN(C)C(=O)c1ccccc1CCc1ccccc1. The maximum Gasteiger partial charge on any atom is 0.253 e. The lowest BCUT2D eigenvalue weighted by Crippen LogP contribution is -2.33. The van der Waals surface area contributed by atoms with Crippen molar-refractivity contribution in [2.45, 2.75) is 12.8 Å². The Bertz CT molecular complexity index is 595. The van der Waals surface area contributed by atoms with Gasteiger partial charge < -0.3 is 10.2 Å². The minimum atomic E-state index is 0.0962. The van der Waals surface area contributed by atoms with Gasteiger partial charge in [-0.1, -0.05) is 48.5 Å². The minimum Gasteiger partial charge on any atom is -0.340 e. The molecule has 2 aromatic carbocycles. The molecule has 2 rings (SSSR count). The van der Waals surface area contributed by atoms with Crippen LogP contribution in [-0.4, -0.2) is 38.0 Å². The lowest BCUT2D eigenvalue weighted by atomic mass is 9.99. The Labute approximate surface area is 133 Å². The summed E-state index contributed by atoms with van der Waals surface area (Å²) in [6.45, 7) is 1.51. The standard InChI is InChI=1S/C19H24N2O/c1-20-14-15-21(2)19(22)18-11-7-6-10-17(18)13-12-16-8-4-3-5-9-16/h3-11,20H,12-15H2,1-2H3. The molecule has 0 fully saturated rings. The van der Waals surface area contributed by atoms with E-state index in [9.17, 15) is 4.79 Å². The van der Waals surface area contributed by atoms with Gasteiger partial charge in [-0.05, 0) is 37.1 Å². The van der Waals surface area contributed by atoms with Crippen LogP contribution in [0.15, 0.2) is 54.6 Å². The number of carbonyl (C=O) groups is 1. The Hall–Kier alpha value is -2.13. The van der Waals surface area contributed by atoms with Gasteiger partial charge in [-0.3, -0.25) is 4.79 Å². The normalized spacial score (nSPS) is 10.5. The van der Waals surface area contributed by atoms with Gasteiger partial charge in [-0.2, -0.15) is 0 Å². The van der Waals surface area contributed by atoms with Gasteiger partial charge in [0.2, 0.25) is 0 Å². The van der Waals surface area contributed by atoms with Crippen LogP contribution in [0.5, 0.6) is 0 Å². The van der Waals surface area contributed by atoms with Gasteiger partial charge >= 0.3 is 0 Å². The molecule has 22 heavy (non-hydrogen) atoms. The topological polar surface area (TPSA) is 32.3 Å². The van der Waals surface area contributed by atoms with Gasteiger partial charge in [0.25, 0.3) is 5.91 Å². The van der Waals surface area contributed by atoms with Crippen LogP contribution in [0, 0.1) is 0 Å². The molecule has 1 amide bonds. The van der Waals surface area contributed by atoms with E-state index in [0.717, 1.165) is 30.5 Å². The van der Waals surface area contributed by atoms with Crippen LogP contribution >= 0.6 is 0 Å². The largest absolute Gasteiger partial charge is 0.340 e. The van der Waals surface area contributed by atoms with Gasteiger partial charge in [-0.15, -0.1) is 0 Å². The van der Waals surface area contributed by atoms with Crippen LogP contribution in [0.1, 0.15) is 21.5 Å². The summed E-state index contributed by atoms with van der Waals surface area (Å²) in [5.41, 5.74) is 3.23. The maximum absolute atomic E-state index is 12.6. The first kappa shape index (κ1) is 16.2. The van der Waals surface area contributed by atoms with E-state index in [2.05, 4.69) is 35.6 Å². The summed E-state index contributed by atoms with van der Waals surface area (Å²) >= 11 is 0. The lowest BCUT2D eigenvalue weighted by molar-refractivity contribution is 0.0796. The van der Waals surface area contributed by atoms with E-state index in [1.165, 1.54) is 5.56 Å². The highest BCUT2D eigenvalue weighted by molar-refractivity contribution is 5.95. The number of likely N-dealkylation sites (N-methyl/N-ethyl adjacent to an activating group) is 2. The molecule has 3 nitrogen and oxygen atoms in total. The molecule has 0 aliphatic heterocycles. The van der Waals surface area contributed by atoms with Crippen molar-refractivity contribution >= 4 is 5.91 Å². The summed E-state index contributed by atoms with van der Waals surface area (Å²) in [5, 5.41) is 3.07.